The van der Waals surface area contributed by atoms with Crippen molar-refractivity contribution in [2.24, 2.45) is 0 Å². The molecule has 0 saturated carbocycles. The van der Waals surface area contributed by atoms with Crippen LogP contribution in [0.4, 0.5) is 4.79 Å². The lowest BCUT2D eigenvalue weighted by Crippen LogP contribution is -2.46. The van der Waals surface area contributed by atoms with Gasteiger partial charge in [0.15, 0.2) is 0 Å². The van der Waals surface area contributed by atoms with Gasteiger partial charge in [-0.25, -0.2) is 9.59 Å². The van der Waals surface area contributed by atoms with Crippen molar-refractivity contribution in [1.82, 2.24) is 10.6 Å². The van der Waals surface area contributed by atoms with Gasteiger partial charge in [0.05, 0.1) is 0 Å². The van der Waals surface area contributed by atoms with Crippen molar-refractivity contribution < 1.29 is 29.0 Å². The summed E-state index contributed by atoms with van der Waals surface area (Å²) in [5.74, 6) is -1.67. The first kappa shape index (κ1) is 23.3. The smallest absolute Gasteiger partial charge is 0.407 e. The quantitative estimate of drug-likeness (QED) is 0.524. The van der Waals surface area contributed by atoms with Crippen LogP contribution in [0.25, 0.3) is 11.1 Å². The molecule has 1 unspecified atom stereocenters. The first-order valence-corrected chi connectivity index (χ1v) is 10.6. The summed E-state index contributed by atoms with van der Waals surface area (Å²) in [6.07, 6.45) is -1.02. The summed E-state index contributed by atoms with van der Waals surface area (Å²) in [6.45, 7) is 2.01. The number of aliphatic carboxylic acids is 1. The highest BCUT2D eigenvalue weighted by molar-refractivity contribution is 5.86. The number of carbonyl (C=O) groups excluding carboxylic acids is 2. The molecule has 3 N–H and O–H groups in total. The van der Waals surface area contributed by atoms with Gasteiger partial charge in [0.2, 0.25) is 5.91 Å². The van der Waals surface area contributed by atoms with Gasteiger partial charge in [-0.3, -0.25) is 4.79 Å². The number of hydrogen-bond donors (Lipinski definition) is 3. The van der Waals surface area contributed by atoms with E-state index in [0.717, 1.165) is 22.3 Å². The number of carboxylic acid groups (broad SMARTS) is 1. The van der Waals surface area contributed by atoms with E-state index in [4.69, 9.17) is 14.6 Å². The Balaban J connectivity index is 1.49. The standard InChI is InChI=1S/C24H28N2O6/c1-3-20(23(28)29)26-22(27)21(31-2)12-13-25-24(30)32-14-19-17-10-6-4-8-15(17)16-9-5-7-11-18(16)19/h4-11,19-21H,3,12-14H2,1-2H3,(H,25,30)(H,26,27)(H,28,29)/t20-,21?/m1/s1. The molecule has 0 heterocycles. The Morgan fingerprint density at radius 1 is 1.03 bits per heavy atom. The molecule has 8 nitrogen and oxygen atoms in total. The monoisotopic (exact) mass is 440 g/mol. The fourth-order valence-corrected chi connectivity index (χ4v) is 3.91. The second-order valence-electron chi connectivity index (χ2n) is 7.57. The lowest BCUT2D eigenvalue weighted by molar-refractivity contribution is -0.144. The second-order valence-corrected chi connectivity index (χ2v) is 7.57. The first-order valence-electron chi connectivity index (χ1n) is 10.6. The number of methoxy groups -OCH3 is 1. The van der Waals surface area contributed by atoms with Crippen LogP contribution in [0, 0.1) is 0 Å². The summed E-state index contributed by atoms with van der Waals surface area (Å²) < 4.78 is 10.6. The van der Waals surface area contributed by atoms with Gasteiger partial charge in [0, 0.05) is 26.0 Å². The zero-order valence-electron chi connectivity index (χ0n) is 18.2. The van der Waals surface area contributed by atoms with Crippen LogP contribution in [0.5, 0.6) is 0 Å². The largest absolute Gasteiger partial charge is 0.480 e. The van der Waals surface area contributed by atoms with Crippen LogP contribution in [0.3, 0.4) is 0 Å². The molecule has 2 aromatic carbocycles. The van der Waals surface area contributed by atoms with Crippen molar-refractivity contribution in [3.8, 4) is 11.1 Å². The van der Waals surface area contributed by atoms with Crippen LogP contribution in [0.1, 0.15) is 36.8 Å². The third kappa shape index (κ3) is 5.26. The van der Waals surface area contributed by atoms with Crippen LogP contribution in [0.2, 0.25) is 0 Å². The molecule has 2 atom stereocenters. The number of alkyl carbamates (subject to hydrolysis) is 1. The van der Waals surface area contributed by atoms with Gasteiger partial charge in [-0.15, -0.1) is 0 Å². The maximum Gasteiger partial charge on any atom is 0.407 e. The minimum atomic E-state index is -1.10. The van der Waals surface area contributed by atoms with E-state index >= 15 is 0 Å². The van der Waals surface area contributed by atoms with Crippen LogP contribution in [-0.2, 0) is 19.1 Å². The molecule has 0 radical (unpaired) electrons. The molecule has 2 aromatic rings. The molecule has 1 aliphatic carbocycles. The van der Waals surface area contributed by atoms with Gasteiger partial charge in [-0.05, 0) is 28.7 Å². The Morgan fingerprint density at radius 3 is 2.16 bits per heavy atom. The van der Waals surface area contributed by atoms with Gasteiger partial charge in [0.1, 0.15) is 18.8 Å². The van der Waals surface area contributed by atoms with Crippen LogP contribution < -0.4 is 10.6 Å². The predicted octanol–water partition coefficient (Wildman–Crippen LogP) is 2.91. The summed E-state index contributed by atoms with van der Waals surface area (Å²) in [5.41, 5.74) is 4.55. The maximum absolute atomic E-state index is 12.2. The number of benzene rings is 2. The molecule has 0 fully saturated rings. The molecule has 3 rings (SSSR count). The highest BCUT2D eigenvalue weighted by atomic mass is 16.5. The average molecular weight is 440 g/mol. The van der Waals surface area contributed by atoms with Crippen LogP contribution in [0.15, 0.2) is 48.5 Å². The average Bonchev–Trinajstić information content (AvgIpc) is 3.12. The molecule has 0 aromatic heterocycles. The molecule has 0 saturated heterocycles. The van der Waals surface area contributed by atoms with E-state index in [1.54, 1.807) is 6.92 Å². The Morgan fingerprint density at radius 2 is 1.62 bits per heavy atom. The normalized spacial score (nSPS) is 14.1. The third-order valence-electron chi connectivity index (χ3n) is 5.62. The summed E-state index contributed by atoms with van der Waals surface area (Å²) in [6, 6.07) is 15.2. The molecule has 1 aliphatic rings. The second kappa shape index (κ2) is 10.8. The van der Waals surface area contributed by atoms with Crippen molar-refractivity contribution >= 4 is 18.0 Å². The van der Waals surface area contributed by atoms with Gasteiger partial charge in [0.25, 0.3) is 0 Å². The van der Waals surface area contributed by atoms with E-state index < -0.39 is 30.1 Å². The lowest BCUT2D eigenvalue weighted by Gasteiger charge is -2.19. The molecular weight excluding hydrogens is 412 g/mol. The van der Waals surface area contributed by atoms with E-state index in [0.29, 0.717) is 0 Å². The Hall–Kier alpha value is -3.39. The number of rotatable bonds is 10. The SMILES string of the molecule is CC[C@@H](NC(=O)C(CCNC(=O)OCC1c2ccccc2-c2ccccc21)OC)C(=O)O. The highest BCUT2D eigenvalue weighted by Crippen LogP contribution is 2.44. The third-order valence-corrected chi connectivity index (χ3v) is 5.62. The number of nitrogens with one attached hydrogen (secondary N) is 2. The molecule has 0 spiro atoms. The van der Waals surface area contributed by atoms with E-state index in [1.165, 1.54) is 7.11 Å². The molecule has 0 aliphatic heterocycles. The first-order chi connectivity index (χ1) is 15.5. The Labute approximate surface area is 186 Å². The minimum absolute atomic E-state index is 0.0346. The fraction of sp³-hybridized carbons (Fsp3) is 0.375. The van der Waals surface area contributed by atoms with Crippen LogP contribution in [-0.4, -0.2) is 55.5 Å². The van der Waals surface area contributed by atoms with Crippen molar-refractivity contribution in [2.75, 3.05) is 20.3 Å². The number of amides is 2. The van der Waals surface area contributed by atoms with Crippen molar-refractivity contribution in [3.63, 3.8) is 0 Å². The zero-order valence-corrected chi connectivity index (χ0v) is 18.2. The summed E-state index contributed by atoms with van der Waals surface area (Å²) in [7, 11) is 1.36. The van der Waals surface area contributed by atoms with Gasteiger partial charge in [-0.1, -0.05) is 55.5 Å². The number of carboxylic acids is 1. The summed E-state index contributed by atoms with van der Waals surface area (Å²) in [4.78, 5) is 35.5. The molecule has 0 bridgehead atoms. The molecular formula is C24H28N2O6. The van der Waals surface area contributed by atoms with E-state index in [-0.39, 0.29) is 31.9 Å². The van der Waals surface area contributed by atoms with Gasteiger partial charge >= 0.3 is 12.1 Å². The van der Waals surface area contributed by atoms with Crippen molar-refractivity contribution in [1.29, 1.82) is 0 Å². The number of fused-ring (bicyclic) bond motifs is 3. The number of ether oxygens (including phenoxy) is 2. The minimum Gasteiger partial charge on any atom is -0.480 e. The predicted molar refractivity (Wildman–Crippen MR) is 118 cm³/mol. The molecule has 2 amide bonds. The van der Waals surface area contributed by atoms with Crippen LogP contribution >= 0.6 is 0 Å². The van der Waals surface area contributed by atoms with Gasteiger partial charge < -0.3 is 25.2 Å². The number of carbonyl (C=O) groups is 3. The molecule has 32 heavy (non-hydrogen) atoms. The van der Waals surface area contributed by atoms with Crippen molar-refractivity contribution in [3.05, 3.63) is 59.7 Å². The summed E-state index contributed by atoms with van der Waals surface area (Å²) >= 11 is 0. The topological polar surface area (TPSA) is 114 Å². The zero-order chi connectivity index (χ0) is 23.1. The molecule has 170 valence electrons. The summed E-state index contributed by atoms with van der Waals surface area (Å²) in [5, 5.41) is 14.1. The Bertz CT molecular complexity index is 931. The van der Waals surface area contributed by atoms with Gasteiger partial charge in [-0.2, -0.15) is 0 Å². The lowest BCUT2D eigenvalue weighted by atomic mass is 9.98. The highest BCUT2D eigenvalue weighted by Gasteiger charge is 2.29. The fourth-order valence-electron chi connectivity index (χ4n) is 3.91. The number of hydrogen-bond acceptors (Lipinski definition) is 5. The molecule has 8 heteroatoms. The maximum atomic E-state index is 12.2. The Kier molecular flexibility index (Phi) is 7.83. The van der Waals surface area contributed by atoms with E-state index in [2.05, 4.69) is 22.8 Å². The van der Waals surface area contributed by atoms with E-state index in [1.807, 2.05) is 36.4 Å². The van der Waals surface area contributed by atoms with Crippen molar-refractivity contribution in [2.45, 2.75) is 37.8 Å². The van der Waals surface area contributed by atoms with E-state index in [9.17, 15) is 14.4 Å².